The number of hydrogen-bond donors (Lipinski definition) is 2. The molecule has 120 valence electrons. The second kappa shape index (κ2) is 4.83. The Balaban J connectivity index is 2.20. The lowest BCUT2D eigenvalue weighted by Gasteiger charge is -2.08. The number of hydrogen-bond acceptors (Lipinski definition) is 6. The monoisotopic (exact) mass is 344 g/mol. The molecule has 8 nitrogen and oxygen atoms in total. The molecule has 0 atom stereocenters. The maximum atomic E-state index is 13.2. The molecule has 11 heteroatoms. The minimum atomic E-state index is -4.90. The number of halogens is 2. The highest BCUT2D eigenvalue weighted by molar-refractivity contribution is 7.81. The van der Waals surface area contributed by atoms with Gasteiger partial charge in [0.25, 0.3) is 0 Å². The molecule has 2 aromatic rings. The predicted molar refractivity (Wildman–Crippen MR) is 69.3 cm³/mol. The van der Waals surface area contributed by atoms with Crippen LogP contribution in [0, 0.1) is 11.3 Å². The van der Waals surface area contributed by atoms with Crippen molar-refractivity contribution < 1.29 is 35.4 Å². The third kappa shape index (κ3) is 2.77. The second-order valence-electron chi connectivity index (χ2n) is 4.33. The highest BCUT2D eigenvalue weighted by Crippen LogP contribution is 2.49. The molecule has 0 radical (unpaired) electrons. The van der Waals surface area contributed by atoms with Gasteiger partial charge < -0.3 is 18.6 Å². The van der Waals surface area contributed by atoms with Crippen molar-refractivity contribution in [1.29, 1.82) is 5.26 Å². The zero-order valence-corrected chi connectivity index (χ0v) is 11.7. The van der Waals surface area contributed by atoms with Crippen LogP contribution in [0.15, 0.2) is 24.4 Å². The van der Waals surface area contributed by atoms with Gasteiger partial charge in [0, 0.05) is 11.8 Å². The largest absolute Gasteiger partial charge is 0.586 e. The average Bonchev–Trinajstić information content (AvgIpc) is 2.95. The van der Waals surface area contributed by atoms with E-state index in [9.17, 15) is 17.2 Å². The molecule has 1 aliphatic heterocycles. The van der Waals surface area contributed by atoms with Gasteiger partial charge in [0.05, 0.1) is 11.1 Å². The molecule has 1 aromatic carbocycles. The van der Waals surface area contributed by atoms with E-state index in [0.717, 1.165) is 6.20 Å². The number of nitrogens with zero attached hydrogens (tertiary/aromatic N) is 1. The van der Waals surface area contributed by atoms with E-state index in [2.05, 4.69) is 18.6 Å². The number of H-pyrrole nitrogens is 1. The van der Waals surface area contributed by atoms with Crippen molar-refractivity contribution in [2.24, 2.45) is 0 Å². The van der Waals surface area contributed by atoms with E-state index in [1.54, 1.807) is 6.07 Å². The average molecular weight is 344 g/mol. The Kier molecular flexibility index (Phi) is 3.17. The summed E-state index contributed by atoms with van der Waals surface area (Å²) in [6.07, 6.45) is -2.81. The van der Waals surface area contributed by atoms with Gasteiger partial charge in [0.2, 0.25) is 5.88 Å². The number of alkyl halides is 2. The first-order valence-corrected chi connectivity index (χ1v) is 7.24. The van der Waals surface area contributed by atoms with Gasteiger partial charge in [-0.3, -0.25) is 4.55 Å². The van der Waals surface area contributed by atoms with Crippen LogP contribution in [0.2, 0.25) is 0 Å². The zero-order valence-electron chi connectivity index (χ0n) is 10.9. The summed E-state index contributed by atoms with van der Waals surface area (Å²) >= 11 is 0. The molecule has 0 amide bonds. The number of para-hydroxylation sites is 1. The molecule has 1 aliphatic rings. The summed E-state index contributed by atoms with van der Waals surface area (Å²) in [6.45, 7) is 0. The molecule has 0 unspecified atom stereocenters. The maximum absolute atomic E-state index is 13.2. The Morgan fingerprint density at radius 3 is 2.74 bits per heavy atom. The lowest BCUT2D eigenvalue weighted by molar-refractivity contribution is -0.286. The van der Waals surface area contributed by atoms with Crippen LogP contribution in [-0.4, -0.2) is 24.2 Å². The van der Waals surface area contributed by atoms with Crippen LogP contribution in [-0.2, 0) is 10.4 Å². The summed E-state index contributed by atoms with van der Waals surface area (Å²) in [6, 6.07) is 5.58. The molecular formula is C12H6F2N2O6S. The van der Waals surface area contributed by atoms with Crippen LogP contribution in [0.1, 0.15) is 5.56 Å². The number of ether oxygens (including phenoxy) is 2. The zero-order chi connectivity index (χ0) is 16.8. The van der Waals surface area contributed by atoms with Crippen LogP contribution in [0.5, 0.6) is 17.4 Å². The fourth-order valence-corrected chi connectivity index (χ4v) is 2.44. The maximum Gasteiger partial charge on any atom is 0.586 e. The smallest absolute Gasteiger partial charge is 0.395 e. The number of rotatable bonds is 3. The summed E-state index contributed by atoms with van der Waals surface area (Å²) in [4.78, 5) is 2.32. The minimum Gasteiger partial charge on any atom is -0.395 e. The molecule has 0 saturated heterocycles. The first-order valence-electron chi connectivity index (χ1n) is 5.88. The summed E-state index contributed by atoms with van der Waals surface area (Å²) in [5, 5.41) is 9.08. The standard InChI is InChI=1S/C12H6F2N2O6S/c13-12(14)20-8-3-1-2-7(10(8)21-12)9-6(4-15)5-16-11(9)22-23(17,18)19/h1-3,5,16H,(H,17,18,19). The van der Waals surface area contributed by atoms with Crippen molar-refractivity contribution in [3.05, 3.63) is 30.0 Å². The van der Waals surface area contributed by atoms with Crippen LogP contribution in [0.25, 0.3) is 11.1 Å². The molecule has 1 aromatic heterocycles. The van der Waals surface area contributed by atoms with E-state index < -0.39 is 28.3 Å². The summed E-state index contributed by atoms with van der Waals surface area (Å²) in [5.41, 5.74) is -0.365. The van der Waals surface area contributed by atoms with E-state index in [1.807, 2.05) is 0 Å². The Hall–Kier alpha value is -2.84. The van der Waals surface area contributed by atoms with Crippen molar-refractivity contribution in [2.45, 2.75) is 6.29 Å². The van der Waals surface area contributed by atoms with E-state index in [1.165, 1.54) is 18.2 Å². The second-order valence-corrected chi connectivity index (χ2v) is 5.35. The van der Waals surface area contributed by atoms with Crippen molar-refractivity contribution in [3.63, 3.8) is 0 Å². The predicted octanol–water partition coefficient (Wildman–Crippen LogP) is 2.06. The third-order valence-corrected chi connectivity index (χ3v) is 3.23. The first kappa shape index (κ1) is 15.1. The Labute approximate surface area is 127 Å². The van der Waals surface area contributed by atoms with Crippen molar-refractivity contribution in [3.8, 4) is 34.6 Å². The fourth-order valence-electron chi connectivity index (χ4n) is 2.10. The topological polar surface area (TPSA) is 122 Å². The molecular weight excluding hydrogens is 338 g/mol. The highest BCUT2D eigenvalue weighted by Gasteiger charge is 2.45. The molecule has 23 heavy (non-hydrogen) atoms. The van der Waals surface area contributed by atoms with Gasteiger partial charge in [-0.05, 0) is 6.07 Å². The lowest BCUT2D eigenvalue weighted by atomic mass is 10.0. The number of aromatic amines is 1. The lowest BCUT2D eigenvalue weighted by Crippen LogP contribution is -2.26. The number of aromatic nitrogens is 1. The number of nitriles is 1. The fraction of sp³-hybridized carbons (Fsp3) is 0.0833. The molecule has 2 N–H and O–H groups in total. The summed E-state index contributed by atoms with van der Waals surface area (Å²) in [7, 11) is -4.90. The molecule has 0 fully saturated rings. The normalized spacial score (nSPS) is 15.2. The van der Waals surface area contributed by atoms with Crippen LogP contribution >= 0.6 is 0 Å². The number of benzene rings is 1. The molecule has 0 saturated carbocycles. The number of nitrogens with one attached hydrogen (secondary N) is 1. The van der Waals surface area contributed by atoms with E-state index in [-0.39, 0.29) is 22.4 Å². The molecule has 0 bridgehead atoms. The quantitative estimate of drug-likeness (QED) is 0.817. The van der Waals surface area contributed by atoms with Crippen LogP contribution < -0.4 is 13.7 Å². The van der Waals surface area contributed by atoms with Gasteiger partial charge in [0.1, 0.15) is 6.07 Å². The molecule has 2 heterocycles. The van der Waals surface area contributed by atoms with Crippen molar-refractivity contribution in [2.75, 3.05) is 0 Å². The minimum absolute atomic E-state index is 0.0730. The first-order chi connectivity index (χ1) is 10.7. The van der Waals surface area contributed by atoms with E-state index in [4.69, 9.17) is 9.81 Å². The highest BCUT2D eigenvalue weighted by atomic mass is 32.3. The van der Waals surface area contributed by atoms with Gasteiger partial charge in [-0.25, -0.2) is 0 Å². The Bertz CT molecular complexity index is 932. The number of fused-ring (bicyclic) bond motifs is 1. The van der Waals surface area contributed by atoms with Gasteiger partial charge in [-0.2, -0.15) is 13.7 Å². The van der Waals surface area contributed by atoms with Gasteiger partial charge in [0.15, 0.2) is 11.5 Å². The molecule has 3 rings (SSSR count). The third-order valence-electron chi connectivity index (χ3n) is 2.85. The van der Waals surface area contributed by atoms with Crippen LogP contribution in [0.4, 0.5) is 8.78 Å². The van der Waals surface area contributed by atoms with Crippen LogP contribution in [0.3, 0.4) is 0 Å². The van der Waals surface area contributed by atoms with Crippen molar-refractivity contribution >= 4 is 10.4 Å². The van der Waals surface area contributed by atoms with Gasteiger partial charge in [-0.15, -0.1) is 8.78 Å². The SMILES string of the molecule is N#Cc1c[nH]c(OS(=O)(=O)O)c1-c1cccc2c1OC(F)(F)O2. The van der Waals surface area contributed by atoms with E-state index in [0.29, 0.717) is 0 Å². The van der Waals surface area contributed by atoms with Crippen molar-refractivity contribution in [1.82, 2.24) is 4.98 Å². The summed E-state index contributed by atoms with van der Waals surface area (Å²) < 4.78 is 70.0. The van der Waals surface area contributed by atoms with Gasteiger partial charge in [-0.1, -0.05) is 12.1 Å². The summed E-state index contributed by atoms with van der Waals surface area (Å²) in [5.74, 6) is -1.22. The Morgan fingerprint density at radius 1 is 1.35 bits per heavy atom. The van der Waals surface area contributed by atoms with E-state index >= 15 is 0 Å². The van der Waals surface area contributed by atoms with Gasteiger partial charge >= 0.3 is 16.7 Å². The Morgan fingerprint density at radius 2 is 2.09 bits per heavy atom. The molecule has 0 aliphatic carbocycles. The molecule has 0 spiro atoms.